The van der Waals surface area contributed by atoms with E-state index in [-0.39, 0.29) is 22.8 Å². The highest BCUT2D eigenvalue weighted by molar-refractivity contribution is 7.98. The van der Waals surface area contributed by atoms with Gasteiger partial charge in [0, 0.05) is 24.7 Å². The molecule has 2 aromatic carbocycles. The highest BCUT2D eigenvalue weighted by atomic mass is 32.2. The van der Waals surface area contributed by atoms with Gasteiger partial charge < -0.3 is 9.32 Å². The predicted octanol–water partition coefficient (Wildman–Crippen LogP) is 6.18. The van der Waals surface area contributed by atoms with Crippen LogP contribution in [0.2, 0.25) is 0 Å². The van der Waals surface area contributed by atoms with Crippen molar-refractivity contribution in [1.29, 1.82) is 0 Å². The molecule has 2 unspecified atom stereocenters. The monoisotopic (exact) mass is 527 g/mol. The second kappa shape index (κ2) is 9.73. The minimum atomic E-state index is -0.0194. The molecule has 1 aliphatic heterocycles. The van der Waals surface area contributed by atoms with Crippen molar-refractivity contribution in [1.82, 2.24) is 24.6 Å². The van der Waals surface area contributed by atoms with Crippen LogP contribution in [0.4, 0.5) is 0 Å². The summed E-state index contributed by atoms with van der Waals surface area (Å²) in [4.78, 5) is 20.0. The zero-order valence-corrected chi connectivity index (χ0v) is 22.9. The molecule has 1 aliphatic carbocycles. The molecule has 7 nitrogen and oxygen atoms in total. The Morgan fingerprint density at radius 1 is 1.03 bits per heavy atom. The molecular weight excluding hydrogens is 494 g/mol. The van der Waals surface area contributed by atoms with Crippen molar-refractivity contribution in [3.05, 3.63) is 89.9 Å². The summed E-state index contributed by atoms with van der Waals surface area (Å²) < 4.78 is 7.84. The number of amides is 1. The van der Waals surface area contributed by atoms with Gasteiger partial charge in [-0.05, 0) is 47.8 Å². The van der Waals surface area contributed by atoms with Gasteiger partial charge in [0.1, 0.15) is 12.1 Å². The van der Waals surface area contributed by atoms with Crippen LogP contribution in [-0.2, 0) is 12.2 Å². The quantitative estimate of drug-likeness (QED) is 0.267. The molecule has 2 aliphatic rings. The topological polar surface area (TPSA) is 77.0 Å². The van der Waals surface area contributed by atoms with Crippen LogP contribution >= 0.6 is 11.8 Å². The summed E-state index contributed by atoms with van der Waals surface area (Å²) in [5.41, 5.74) is 3.01. The summed E-state index contributed by atoms with van der Waals surface area (Å²) in [5.74, 6) is 1.82. The molecule has 196 valence electrons. The minimum absolute atomic E-state index is 0.0194. The van der Waals surface area contributed by atoms with E-state index >= 15 is 0 Å². The molecule has 4 aromatic rings. The third-order valence-electron chi connectivity index (χ3n) is 7.69. The maximum absolute atomic E-state index is 13.4. The van der Waals surface area contributed by atoms with Gasteiger partial charge in [-0.2, -0.15) is 0 Å². The Morgan fingerprint density at radius 2 is 1.76 bits per heavy atom. The van der Waals surface area contributed by atoms with Crippen molar-refractivity contribution in [3.63, 3.8) is 0 Å². The van der Waals surface area contributed by atoms with Gasteiger partial charge in [0.2, 0.25) is 5.89 Å². The Bertz CT molecular complexity index is 1430. The van der Waals surface area contributed by atoms with E-state index in [1.165, 1.54) is 23.6 Å². The zero-order valence-electron chi connectivity index (χ0n) is 22.1. The Balaban J connectivity index is 1.18. The second-order valence-corrected chi connectivity index (χ2v) is 12.7. The summed E-state index contributed by atoms with van der Waals surface area (Å²) in [6, 6.07) is 20.7. The molecule has 8 heteroatoms. The van der Waals surface area contributed by atoms with Crippen molar-refractivity contribution in [2.24, 2.45) is 10.8 Å². The summed E-state index contributed by atoms with van der Waals surface area (Å²) in [7, 11) is 0. The van der Waals surface area contributed by atoms with Crippen LogP contribution in [0.15, 0.2) is 76.5 Å². The van der Waals surface area contributed by atoms with E-state index in [0.29, 0.717) is 23.8 Å². The standard InChI is InChI=1S/C30H33N5O2S/c1-29(2)15-23-16-30(3,19-29)20-34(23)27(36)24-17-37-26(31-24)18-38-28-33-32-25(14-21-10-6-4-7-11-21)35(28)22-12-8-5-9-13-22/h4-13,17,23H,14-16,18-20H2,1-3H3. The van der Waals surface area contributed by atoms with Crippen LogP contribution in [0.5, 0.6) is 0 Å². The van der Waals surface area contributed by atoms with Crippen LogP contribution < -0.4 is 0 Å². The highest BCUT2D eigenvalue weighted by Gasteiger charge is 2.51. The summed E-state index contributed by atoms with van der Waals surface area (Å²) in [5, 5.41) is 9.77. The third-order valence-corrected chi connectivity index (χ3v) is 8.60. The molecule has 0 radical (unpaired) electrons. The number of aromatic nitrogens is 4. The van der Waals surface area contributed by atoms with Gasteiger partial charge in [-0.15, -0.1) is 10.2 Å². The molecule has 2 bridgehead atoms. The van der Waals surface area contributed by atoms with Gasteiger partial charge in [-0.3, -0.25) is 9.36 Å². The van der Waals surface area contributed by atoms with Crippen molar-refractivity contribution < 1.29 is 9.21 Å². The lowest BCUT2D eigenvalue weighted by Gasteiger charge is -2.39. The van der Waals surface area contributed by atoms with Gasteiger partial charge in [0.05, 0.1) is 5.75 Å². The zero-order chi connectivity index (χ0) is 26.3. The van der Waals surface area contributed by atoms with Crippen molar-refractivity contribution in [3.8, 4) is 5.69 Å². The van der Waals surface area contributed by atoms with E-state index < -0.39 is 0 Å². The van der Waals surface area contributed by atoms with Crippen LogP contribution in [0.1, 0.15) is 67.8 Å². The van der Waals surface area contributed by atoms with Gasteiger partial charge >= 0.3 is 0 Å². The molecule has 2 fully saturated rings. The van der Waals surface area contributed by atoms with Crippen LogP contribution in [-0.4, -0.2) is 43.1 Å². The largest absolute Gasteiger partial charge is 0.447 e. The van der Waals surface area contributed by atoms with E-state index in [1.54, 1.807) is 0 Å². The first-order valence-corrected chi connectivity index (χ1v) is 14.2. The molecule has 2 aromatic heterocycles. The number of likely N-dealkylation sites (tertiary alicyclic amines) is 1. The fraction of sp³-hybridized carbons (Fsp3) is 0.400. The molecule has 1 saturated heterocycles. The first kappa shape index (κ1) is 24.9. The highest BCUT2D eigenvalue weighted by Crippen LogP contribution is 2.52. The van der Waals surface area contributed by atoms with Gasteiger partial charge in [-0.1, -0.05) is 81.1 Å². The summed E-state index contributed by atoms with van der Waals surface area (Å²) in [6.45, 7) is 7.74. The SMILES string of the molecule is CC1(C)CC2CC(C)(CN2C(=O)c2coc(CSc3nnc(Cc4ccccc4)n3-c3ccccc3)n2)C1. The van der Waals surface area contributed by atoms with Crippen molar-refractivity contribution in [2.75, 3.05) is 6.54 Å². The Labute approximate surface area is 227 Å². The van der Waals surface area contributed by atoms with E-state index in [2.05, 4.69) is 64.8 Å². The molecule has 3 heterocycles. The number of fused-ring (bicyclic) bond motifs is 2. The van der Waals surface area contributed by atoms with Gasteiger partial charge in [0.15, 0.2) is 10.9 Å². The number of benzene rings is 2. The van der Waals surface area contributed by atoms with Crippen molar-refractivity contribution in [2.45, 2.75) is 63.4 Å². The number of carbonyl (C=O) groups excluding carboxylic acids is 1. The Kier molecular flexibility index (Phi) is 6.38. The average Bonchev–Trinajstić information content (AvgIpc) is 3.58. The molecular formula is C30H33N5O2S. The van der Waals surface area contributed by atoms with Crippen LogP contribution in [0.25, 0.3) is 5.69 Å². The maximum atomic E-state index is 13.4. The van der Waals surface area contributed by atoms with Gasteiger partial charge in [-0.25, -0.2) is 4.98 Å². The molecule has 0 spiro atoms. The molecule has 0 N–H and O–H groups in total. The van der Waals surface area contributed by atoms with Crippen molar-refractivity contribution >= 4 is 17.7 Å². The molecule has 1 saturated carbocycles. The van der Waals surface area contributed by atoms with Crippen LogP contribution in [0, 0.1) is 10.8 Å². The minimum Gasteiger partial charge on any atom is -0.447 e. The van der Waals surface area contributed by atoms with E-state index in [9.17, 15) is 4.79 Å². The molecule has 6 rings (SSSR count). The number of thioether (sulfide) groups is 1. The second-order valence-electron chi connectivity index (χ2n) is 11.8. The molecule has 1 amide bonds. The first-order chi connectivity index (χ1) is 18.3. The predicted molar refractivity (Wildman–Crippen MR) is 147 cm³/mol. The van der Waals surface area contributed by atoms with Crippen LogP contribution in [0.3, 0.4) is 0 Å². The maximum Gasteiger partial charge on any atom is 0.276 e. The smallest absolute Gasteiger partial charge is 0.276 e. The number of para-hydroxylation sites is 1. The Hall–Kier alpha value is -3.39. The number of nitrogens with zero attached hydrogens (tertiary/aromatic N) is 5. The normalized spacial score (nSPS) is 22.1. The van der Waals surface area contributed by atoms with Gasteiger partial charge in [0.25, 0.3) is 5.91 Å². The number of carbonyl (C=O) groups is 1. The summed E-state index contributed by atoms with van der Waals surface area (Å²) in [6.07, 6.45) is 5.44. The van der Waals surface area contributed by atoms with E-state index in [0.717, 1.165) is 42.5 Å². The number of hydrogen-bond acceptors (Lipinski definition) is 6. The summed E-state index contributed by atoms with van der Waals surface area (Å²) >= 11 is 1.51. The van der Waals surface area contributed by atoms with E-state index in [4.69, 9.17) is 4.42 Å². The Morgan fingerprint density at radius 3 is 2.53 bits per heavy atom. The lowest BCUT2D eigenvalue weighted by Crippen LogP contribution is -2.37. The molecule has 2 atom stereocenters. The molecule has 38 heavy (non-hydrogen) atoms. The first-order valence-electron chi connectivity index (χ1n) is 13.2. The fourth-order valence-corrected chi connectivity index (χ4v) is 7.39. The number of oxazole rings is 1. The lowest BCUT2D eigenvalue weighted by atomic mass is 9.65. The lowest BCUT2D eigenvalue weighted by molar-refractivity contribution is 0.0702. The number of hydrogen-bond donors (Lipinski definition) is 0. The van der Waals surface area contributed by atoms with E-state index in [1.807, 2.05) is 41.3 Å². The number of rotatable bonds is 7. The average molecular weight is 528 g/mol. The fourth-order valence-electron chi connectivity index (χ4n) is 6.57. The third kappa shape index (κ3) is 5.01.